The fourth-order valence-electron chi connectivity index (χ4n) is 3.12. The lowest BCUT2D eigenvalue weighted by Gasteiger charge is -2.28. The molecule has 1 aromatic carbocycles. The minimum absolute atomic E-state index is 0.123. The number of carbonyl (C=O) groups is 1. The minimum Gasteiger partial charge on any atom is -0.494 e. The topological polar surface area (TPSA) is 67.6 Å². The van der Waals surface area contributed by atoms with Gasteiger partial charge in [-0.25, -0.2) is 4.79 Å². The number of amides is 2. The minimum atomic E-state index is -0.123. The number of ether oxygens (including phenoxy) is 1. The first kappa shape index (κ1) is 20.0. The third-order valence-corrected chi connectivity index (χ3v) is 5.07. The Balaban J connectivity index is 1.54. The number of aromatic nitrogens is 1. The monoisotopic (exact) mass is 383 g/mol. The van der Waals surface area contributed by atoms with Gasteiger partial charge in [-0.05, 0) is 50.8 Å². The second kappa shape index (κ2) is 9.44. The van der Waals surface area contributed by atoms with Gasteiger partial charge in [0.25, 0.3) is 0 Å². The fourth-order valence-corrected chi connectivity index (χ4v) is 3.12. The van der Waals surface area contributed by atoms with E-state index >= 15 is 0 Å². The highest BCUT2D eigenvalue weighted by Gasteiger charge is 2.21. The SMILES string of the molecule is CCCCOc1cccc(C=C2CCN(C(=O)Nc3noc(C)c3C)CC2)c1. The normalized spacial score (nSPS) is 14.1. The van der Waals surface area contributed by atoms with E-state index in [9.17, 15) is 4.79 Å². The quantitative estimate of drug-likeness (QED) is 0.698. The summed E-state index contributed by atoms with van der Waals surface area (Å²) in [5.41, 5.74) is 3.37. The lowest BCUT2D eigenvalue weighted by molar-refractivity contribution is 0.207. The number of aryl methyl sites for hydroxylation is 1. The van der Waals surface area contributed by atoms with Gasteiger partial charge in [0.15, 0.2) is 5.82 Å². The number of nitrogens with zero attached hydrogens (tertiary/aromatic N) is 2. The summed E-state index contributed by atoms with van der Waals surface area (Å²) in [6.07, 6.45) is 6.14. The first-order valence-corrected chi connectivity index (χ1v) is 9.98. The van der Waals surface area contributed by atoms with Crippen molar-refractivity contribution in [1.29, 1.82) is 0 Å². The van der Waals surface area contributed by atoms with Crippen molar-refractivity contribution in [3.8, 4) is 5.75 Å². The summed E-state index contributed by atoms with van der Waals surface area (Å²) in [5.74, 6) is 2.14. The van der Waals surface area contributed by atoms with Gasteiger partial charge in [0, 0.05) is 18.7 Å². The maximum Gasteiger partial charge on any atom is 0.323 e. The van der Waals surface area contributed by atoms with Crippen molar-refractivity contribution in [3.63, 3.8) is 0 Å². The van der Waals surface area contributed by atoms with Crippen LogP contribution >= 0.6 is 0 Å². The molecule has 0 atom stereocenters. The molecule has 0 saturated carbocycles. The highest BCUT2D eigenvalue weighted by Crippen LogP contribution is 2.23. The molecule has 1 saturated heterocycles. The molecule has 150 valence electrons. The number of piperidine rings is 1. The lowest BCUT2D eigenvalue weighted by Crippen LogP contribution is -2.39. The van der Waals surface area contributed by atoms with Crippen LogP contribution < -0.4 is 10.1 Å². The Hall–Kier alpha value is -2.76. The van der Waals surface area contributed by atoms with E-state index in [4.69, 9.17) is 9.26 Å². The van der Waals surface area contributed by atoms with Gasteiger partial charge in [-0.1, -0.05) is 42.3 Å². The van der Waals surface area contributed by atoms with Crippen LogP contribution in [0.2, 0.25) is 0 Å². The van der Waals surface area contributed by atoms with Crippen LogP contribution in [0.15, 0.2) is 34.4 Å². The summed E-state index contributed by atoms with van der Waals surface area (Å²) in [6, 6.07) is 8.07. The van der Waals surface area contributed by atoms with Gasteiger partial charge in [-0.3, -0.25) is 5.32 Å². The molecule has 1 N–H and O–H groups in total. The van der Waals surface area contributed by atoms with Gasteiger partial charge < -0.3 is 14.2 Å². The zero-order valence-corrected chi connectivity index (χ0v) is 17.0. The Morgan fingerprint density at radius 3 is 2.79 bits per heavy atom. The Labute approximate surface area is 166 Å². The number of hydrogen-bond acceptors (Lipinski definition) is 4. The first-order chi connectivity index (χ1) is 13.6. The molecular weight excluding hydrogens is 354 g/mol. The zero-order valence-electron chi connectivity index (χ0n) is 17.0. The highest BCUT2D eigenvalue weighted by atomic mass is 16.5. The van der Waals surface area contributed by atoms with Crippen LogP contribution in [0.5, 0.6) is 5.75 Å². The molecule has 1 fully saturated rings. The smallest absolute Gasteiger partial charge is 0.323 e. The first-order valence-electron chi connectivity index (χ1n) is 9.98. The molecule has 2 amide bonds. The highest BCUT2D eigenvalue weighted by molar-refractivity contribution is 5.89. The van der Waals surface area contributed by atoms with Crippen LogP contribution in [0.1, 0.15) is 49.5 Å². The van der Waals surface area contributed by atoms with Crippen molar-refractivity contribution in [1.82, 2.24) is 10.1 Å². The van der Waals surface area contributed by atoms with Crippen LogP contribution in [0, 0.1) is 13.8 Å². The van der Waals surface area contributed by atoms with E-state index in [1.54, 1.807) is 0 Å². The van der Waals surface area contributed by atoms with E-state index < -0.39 is 0 Å². The van der Waals surface area contributed by atoms with Crippen LogP contribution in [-0.2, 0) is 0 Å². The molecule has 1 aromatic heterocycles. The van der Waals surface area contributed by atoms with Crippen molar-refractivity contribution in [2.24, 2.45) is 0 Å². The Morgan fingerprint density at radius 2 is 2.11 bits per heavy atom. The van der Waals surface area contributed by atoms with Crippen LogP contribution in [0.3, 0.4) is 0 Å². The molecule has 28 heavy (non-hydrogen) atoms. The molecule has 0 radical (unpaired) electrons. The number of urea groups is 1. The number of rotatable bonds is 6. The number of carbonyl (C=O) groups excluding carboxylic acids is 1. The van der Waals surface area contributed by atoms with E-state index in [-0.39, 0.29) is 6.03 Å². The second-order valence-electron chi connectivity index (χ2n) is 7.21. The Kier molecular flexibility index (Phi) is 6.74. The zero-order chi connectivity index (χ0) is 19.9. The van der Waals surface area contributed by atoms with Crippen LogP contribution in [0.4, 0.5) is 10.6 Å². The van der Waals surface area contributed by atoms with Crippen LogP contribution in [-0.4, -0.2) is 35.8 Å². The van der Waals surface area contributed by atoms with E-state index in [1.165, 1.54) is 5.57 Å². The number of nitrogens with one attached hydrogen (secondary N) is 1. The number of hydrogen-bond donors (Lipinski definition) is 1. The maximum absolute atomic E-state index is 12.5. The van der Waals surface area contributed by atoms with Crippen molar-refractivity contribution in [3.05, 3.63) is 46.7 Å². The number of anilines is 1. The number of benzene rings is 1. The molecule has 6 nitrogen and oxygen atoms in total. The van der Waals surface area contributed by atoms with Gasteiger partial charge in [-0.15, -0.1) is 0 Å². The third-order valence-electron chi connectivity index (χ3n) is 5.07. The van der Waals surface area contributed by atoms with Gasteiger partial charge in [0.1, 0.15) is 11.5 Å². The molecule has 2 aromatic rings. The van der Waals surface area contributed by atoms with Crippen molar-refractivity contribution in [2.75, 3.05) is 25.0 Å². The summed E-state index contributed by atoms with van der Waals surface area (Å²) in [5, 5.41) is 6.74. The largest absolute Gasteiger partial charge is 0.494 e. The van der Waals surface area contributed by atoms with E-state index in [2.05, 4.69) is 35.6 Å². The molecule has 0 spiro atoms. The molecule has 0 unspecified atom stereocenters. The predicted octanol–water partition coefficient (Wildman–Crippen LogP) is 5.18. The molecule has 3 rings (SSSR count). The van der Waals surface area contributed by atoms with Crippen molar-refractivity contribution >= 4 is 17.9 Å². The van der Waals surface area contributed by atoms with Gasteiger partial charge in [0.2, 0.25) is 0 Å². The molecular formula is C22H29N3O3. The third kappa shape index (κ3) is 5.15. The summed E-state index contributed by atoms with van der Waals surface area (Å²) < 4.78 is 10.9. The summed E-state index contributed by atoms with van der Waals surface area (Å²) in [7, 11) is 0. The molecule has 0 aliphatic carbocycles. The van der Waals surface area contributed by atoms with Crippen LogP contribution in [0.25, 0.3) is 6.08 Å². The average Bonchev–Trinajstić information content (AvgIpc) is 3.01. The predicted molar refractivity (Wildman–Crippen MR) is 111 cm³/mol. The lowest BCUT2D eigenvalue weighted by atomic mass is 10.0. The number of likely N-dealkylation sites (tertiary alicyclic amines) is 1. The molecule has 0 bridgehead atoms. The van der Waals surface area contributed by atoms with E-state index in [1.807, 2.05) is 30.9 Å². The molecule has 6 heteroatoms. The molecule has 1 aliphatic rings. The van der Waals surface area contributed by atoms with E-state index in [0.717, 1.165) is 54.9 Å². The van der Waals surface area contributed by atoms with Gasteiger partial charge in [-0.2, -0.15) is 0 Å². The van der Waals surface area contributed by atoms with Crippen molar-refractivity contribution in [2.45, 2.75) is 46.5 Å². The molecule has 1 aliphatic heterocycles. The molecule has 2 heterocycles. The fraction of sp³-hybridized carbons (Fsp3) is 0.455. The Morgan fingerprint density at radius 1 is 1.32 bits per heavy atom. The maximum atomic E-state index is 12.5. The standard InChI is InChI=1S/C22H29N3O3/c1-4-5-13-27-20-8-6-7-19(15-20)14-18-9-11-25(12-10-18)22(26)23-21-16(2)17(3)28-24-21/h6-8,14-15H,4-5,9-13H2,1-3H3,(H,23,24,26). The summed E-state index contributed by atoms with van der Waals surface area (Å²) in [6.45, 7) is 8.02. The summed E-state index contributed by atoms with van der Waals surface area (Å²) in [4.78, 5) is 14.3. The van der Waals surface area contributed by atoms with E-state index in [0.29, 0.717) is 18.9 Å². The van der Waals surface area contributed by atoms with Gasteiger partial charge >= 0.3 is 6.03 Å². The summed E-state index contributed by atoms with van der Waals surface area (Å²) >= 11 is 0. The van der Waals surface area contributed by atoms with Crippen molar-refractivity contribution < 1.29 is 14.1 Å². The van der Waals surface area contributed by atoms with Gasteiger partial charge in [0.05, 0.1) is 6.61 Å². The second-order valence-corrected chi connectivity index (χ2v) is 7.21. The number of unbranched alkanes of at least 4 members (excludes halogenated alkanes) is 1. The Bertz CT molecular complexity index is 831. The average molecular weight is 383 g/mol.